The second kappa shape index (κ2) is 6.91. The van der Waals surface area contributed by atoms with Gasteiger partial charge in [-0.1, -0.05) is 40.0 Å². The van der Waals surface area contributed by atoms with Gasteiger partial charge in [0, 0.05) is 25.2 Å². The lowest BCUT2D eigenvalue weighted by Crippen LogP contribution is -2.52. The number of nitrogens with zero attached hydrogens (tertiary/aromatic N) is 1. The predicted octanol–water partition coefficient (Wildman–Crippen LogP) is 3.28. The monoisotopic (exact) mass is 252 g/mol. The van der Waals surface area contributed by atoms with Gasteiger partial charge in [-0.15, -0.1) is 0 Å². The van der Waals surface area contributed by atoms with Crippen LogP contribution in [0.2, 0.25) is 0 Å². The zero-order valence-corrected chi connectivity index (χ0v) is 12.6. The molecule has 2 rings (SSSR count). The highest BCUT2D eigenvalue weighted by Gasteiger charge is 2.31. The number of hydrogen-bond donors (Lipinski definition) is 1. The number of hydrogen-bond acceptors (Lipinski definition) is 2. The smallest absolute Gasteiger partial charge is 0.0198 e. The van der Waals surface area contributed by atoms with Crippen molar-refractivity contribution in [3.63, 3.8) is 0 Å². The summed E-state index contributed by atoms with van der Waals surface area (Å²) in [4.78, 5) is 2.81. The summed E-state index contributed by atoms with van der Waals surface area (Å²) in [5.41, 5.74) is 0. The molecule has 0 aromatic rings. The van der Waals surface area contributed by atoms with Crippen LogP contribution in [0.15, 0.2) is 0 Å². The van der Waals surface area contributed by atoms with Crippen molar-refractivity contribution in [2.75, 3.05) is 19.6 Å². The molecular formula is C16H32N2. The van der Waals surface area contributed by atoms with E-state index in [4.69, 9.17) is 0 Å². The fraction of sp³-hybridized carbons (Fsp3) is 1.00. The molecule has 1 saturated carbocycles. The van der Waals surface area contributed by atoms with Crippen molar-refractivity contribution in [2.24, 2.45) is 11.8 Å². The molecule has 2 atom stereocenters. The Kier molecular flexibility index (Phi) is 5.50. The van der Waals surface area contributed by atoms with Crippen LogP contribution in [0.1, 0.15) is 59.3 Å². The van der Waals surface area contributed by atoms with Gasteiger partial charge in [-0.05, 0) is 37.6 Å². The molecule has 1 aliphatic heterocycles. The van der Waals surface area contributed by atoms with Gasteiger partial charge in [-0.3, -0.25) is 4.90 Å². The normalized spacial score (nSPS) is 31.3. The molecular weight excluding hydrogens is 220 g/mol. The van der Waals surface area contributed by atoms with Crippen LogP contribution in [-0.2, 0) is 0 Å². The SMILES string of the molecule is CCC1CC(NCC(C)C)CN(C2CCCC2)C1. The highest BCUT2D eigenvalue weighted by molar-refractivity contribution is 4.88. The van der Waals surface area contributed by atoms with E-state index in [9.17, 15) is 0 Å². The Labute approximate surface area is 114 Å². The first-order chi connectivity index (χ1) is 8.69. The second-order valence-electron chi connectivity index (χ2n) is 6.90. The fourth-order valence-electron chi connectivity index (χ4n) is 3.65. The minimum Gasteiger partial charge on any atom is -0.312 e. The third-order valence-corrected chi connectivity index (χ3v) is 4.80. The molecule has 0 radical (unpaired) electrons. The summed E-state index contributed by atoms with van der Waals surface area (Å²) in [6.07, 6.45) is 8.57. The lowest BCUT2D eigenvalue weighted by molar-refractivity contribution is 0.0963. The van der Waals surface area contributed by atoms with E-state index in [1.165, 1.54) is 58.2 Å². The molecule has 0 bridgehead atoms. The zero-order chi connectivity index (χ0) is 13.0. The highest BCUT2D eigenvalue weighted by Crippen LogP contribution is 2.29. The number of piperidine rings is 1. The Hall–Kier alpha value is -0.0800. The van der Waals surface area contributed by atoms with E-state index >= 15 is 0 Å². The standard InChI is InChI=1S/C16H32N2/c1-4-14-9-15(17-10-13(2)3)12-18(11-14)16-7-5-6-8-16/h13-17H,4-12H2,1-3H3. The van der Waals surface area contributed by atoms with Crippen molar-refractivity contribution in [2.45, 2.75) is 71.4 Å². The summed E-state index contributed by atoms with van der Waals surface area (Å²) >= 11 is 0. The van der Waals surface area contributed by atoms with Gasteiger partial charge in [0.1, 0.15) is 0 Å². The largest absolute Gasteiger partial charge is 0.312 e. The van der Waals surface area contributed by atoms with E-state index in [1.807, 2.05) is 0 Å². The van der Waals surface area contributed by atoms with E-state index in [1.54, 1.807) is 0 Å². The molecule has 2 nitrogen and oxygen atoms in total. The summed E-state index contributed by atoms with van der Waals surface area (Å²) in [5.74, 6) is 1.69. The van der Waals surface area contributed by atoms with Crippen LogP contribution in [0, 0.1) is 11.8 Å². The molecule has 1 N–H and O–H groups in total. The molecule has 2 fully saturated rings. The van der Waals surface area contributed by atoms with Crippen molar-refractivity contribution in [1.82, 2.24) is 10.2 Å². The van der Waals surface area contributed by atoms with Gasteiger partial charge in [0.05, 0.1) is 0 Å². The number of likely N-dealkylation sites (tertiary alicyclic amines) is 1. The zero-order valence-electron chi connectivity index (χ0n) is 12.6. The fourth-order valence-corrected chi connectivity index (χ4v) is 3.65. The van der Waals surface area contributed by atoms with E-state index < -0.39 is 0 Å². The third kappa shape index (κ3) is 3.96. The van der Waals surface area contributed by atoms with Crippen molar-refractivity contribution in [3.05, 3.63) is 0 Å². The minimum absolute atomic E-state index is 0.742. The lowest BCUT2D eigenvalue weighted by atomic mass is 9.90. The Morgan fingerprint density at radius 3 is 2.50 bits per heavy atom. The summed E-state index contributed by atoms with van der Waals surface area (Å²) in [5, 5.41) is 3.80. The molecule has 0 aromatic carbocycles. The Morgan fingerprint density at radius 2 is 1.89 bits per heavy atom. The molecule has 2 heteroatoms. The molecule has 1 saturated heterocycles. The molecule has 106 valence electrons. The summed E-state index contributed by atoms with van der Waals surface area (Å²) < 4.78 is 0. The van der Waals surface area contributed by atoms with Crippen LogP contribution in [0.25, 0.3) is 0 Å². The second-order valence-corrected chi connectivity index (χ2v) is 6.90. The van der Waals surface area contributed by atoms with E-state index in [0.717, 1.165) is 23.9 Å². The van der Waals surface area contributed by atoms with Gasteiger partial charge in [-0.2, -0.15) is 0 Å². The van der Waals surface area contributed by atoms with Gasteiger partial charge in [-0.25, -0.2) is 0 Å². The van der Waals surface area contributed by atoms with E-state index in [0.29, 0.717) is 0 Å². The molecule has 18 heavy (non-hydrogen) atoms. The summed E-state index contributed by atoms with van der Waals surface area (Å²) in [6.45, 7) is 10.8. The maximum Gasteiger partial charge on any atom is 0.0198 e. The topological polar surface area (TPSA) is 15.3 Å². The first-order valence-corrected chi connectivity index (χ1v) is 8.16. The van der Waals surface area contributed by atoms with Crippen molar-refractivity contribution in [3.8, 4) is 0 Å². The van der Waals surface area contributed by atoms with Crippen LogP contribution in [-0.4, -0.2) is 36.6 Å². The maximum atomic E-state index is 3.80. The molecule has 2 unspecified atom stereocenters. The number of nitrogens with one attached hydrogen (secondary N) is 1. The Bertz CT molecular complexity index is 233. The van der Waals surface area contributed by atoms with E-state index in [-0.39, 0.29) is 0 Å². The molecule has 0 spiro atoms. The molecule has 2 aliphatic rings. The summed E-state index contributed by atoms with van der Waals surface area (Å²) in [6, 6.07) is 1.65. The van der Waals surface area contributed by atoms with Crippen molar-refractivity contribution < 1.29 is 0 Å². The van der Waals surface area contributed by atoms with Gasteiger partial charge in [0.2, 0.25) is 0 Å². The van der Waals surface area contributed by atoms with Gasteiger partial charge in [0.15, 0.2) is 0 Å². The quantitative estimate of drug-likeness (QED) is 0.808. The molecule has 0 amide bonds. The van der Waals surface area contributed by atoms with Crippen molar-refractivity contribution in [1.29, 1.82) is 0 Å². The van der Waals surface area contributed by atoms with Crippen molar-refractivity contribution >= 4 is 0 Å². The minimum atomic E-state index is 0.742. The van der Waals surface area contributed by atoms with Crippen LogP contribution in [0.3, 0.4) is 0 Å². The van der Waals surface area contributed by atoms with Crippen LogP contribution >= 0.6 is 0 Å². The van der Waals surface area contributed by atoms with Gasteiger partial charge >= 0.3 is 0 Å². The Balaban J connectivity index is 1.86. The van der Waals surface area contributed by atoms with E-state index in [2.05, 4.69) is 31.0 Å². The highest BCUT2D eigenvalue weighted by atomic mass is 15.2. The van der Waals surface area contributed by atoms with Gasteiger partial charge in [0.25, 0.3) is 0 Å². The third-order valence-electron chi connectivity index (χ3n) is 4.80. The lowest BCUT2D eigenvalue weighted by Gasteiger charge is -2.41. The van der Waals surface area contributed by atoms with Gasteiger partial charge < -0.3 is 5.32 Å². The maximum absolute atomic E-state index is 3.80. The Morgan fingerprint density at radius 1 is 1.17 bits per heavy atom. The van der Waals surface area contributed by atoms with Crippen LogP contribution in [0.5, 0.6) is 0 Å². The molecule has 1 heterocycles. The number of rotatable bonds is 5. The first-order valence-electron chi connectivity index (χ1n) is 8.16. The average molecular weight is 252 g/mol. The van der Waals surface area contributed by atoms with Crippen LogP contribution in [0.4, 0.5) is 0 Å². The average Bonchev–Trinajstić information content (AvgIpc) is 2.89. The first kappa shape index (κ1) is 14.3. The van der Waals surface area contributed by atoms with Crippen LogP contribution < -0.4 is 5.32 Å². The molecule has 0 aromatic heterocycles. The summed E-state index contributed by atoms with van der Waals surface area (Å²) in [7, 11) is 0. The predicted molar refractivity (Wildman–Crippen MR) is 78.9 cm³/mol. The molecule has 1 aliphatic carbocycles.